The third-order valence-electron chi connectivity index (χ3n) is 1.90. The summed E-state index contributed by atoms with van der Waals surface area (Å²) in [5.41, 5.74) is 1.44. The fourth-order valence-electron chi connectivity index (χ4n) is 1.21. The molecule has 0 bridgehead atoms. The van der Waals surface area contributed by atoms with Crippen molar-refractivity contribution >= 4 is 11.3 Å². The highest BCUT2D eigenvalue weighted by molar-refractivity contribution is 7.07. The molecule has 0 radical (unpaired) electrons. The maximum absolute atomic E-state index is 2.21. The molecule has 0 saturated heterocycles. The molecule has 0 aliphatic rings. The zero-order valence-electron chi connectivity index (χ0n) is 6.81. The van der Waals surface area contributed by atoms with Crippen molar-refractivity contribution in [1.29, 1.82) is 0 Å². The van der Waals surface area contributed by atoms with E-state index in [-0.39, 0.29) is 0 Å². The maximum Gasteiger partial charge on any atom is 0.0260 e. The van der Waals surface area contributed by atoms with Gasteiger partial charge in [0.25, 0.3) is 0 Å². The number of rotatable bonds is 3. The van der Waals surface area contributed by atoms with Crippen LogP contribution >= 0.6 is 11.3 Å². The summed E-state index contributed by atoms with van der Waals surface area (Å²) in [5.74, 6) is 0. The summed E-state index contributed by atoms with van der Waals surface area (Å²) in [6.07, 6.45) is 5.34. The van der Waals surface area contributed by atoms with Gasteiger partial charge >= 0.3 is 0 Å². The molecular weight excluding hydrogens is 166 g/mol. The van der Waals surface area contributed by atoms with Crippen molar-refractivity contribution in [3.8, 4) is 0 Å². The van der Waals surface area contributed by atoms with Crippen LogP contribution in [-0.4, -0.2) is 4.57 Å². The van der Waals surface area contributed by atoms with E-state index in [1.807, 2.05) is 0 Å². The molecule has 2 heteroatoms. The van der Waals surface area contributed by atoms with Gasteiger partial charge in [0.15, 0.2) is 0 Å². The van der Waals surface area contributed by atoms with Crippen molar-refractivity contribution in [3.63, 3.8) is 0 Å². The number of thiophene rings is 1. The molecule has 2 rings (SSSR count). The molecule has 0 fully saturated rings. The summed E-state index contributed by atoms with van der Waals surface area (Å²) in [7, 11) is 0. The summed E-state index contributed by atoms with van der Waals surface area (Å²) in [5, 5.41) is 4.34. The Bertz CT molecular complexity index is 273. The van der Waals surface area contributed by atoms with Crippen molar-refractivity contribution in [2.24, 2.45) is 0 Å². The summed E-state index contributed by atoms with van der Waals surface area (Å²) in [6, 6.07) is 6.31. The minimum atomic E-state index is 1.09. The number of hydrogen-bond acceptors (Lipinski definition) is 1. The first-order valence-corrected chi connectivity index (χ1v) is 5.01. The Labute approximate surface area is 76.3 Å². The molecule has 0 saturated carbocycles. The van der Waals surface area contributed by atoms with Gasteiger partial charge in [-0.3, -0.25) is 0 Å². The average Bonchev–Trinajstić information content (AvgIpc) is 2.74. The highest BCUT2D eigenvalue weighted by Crippen LogP contribution is 2.07. The molecule has 0 spiro atoms. The quantitative estimate of drug-likeness (QED) is 0.679. The topological polar surface area (TPSA) is 4.93 Å². The van der Waals surface area contributed by atoms with Crippen LogP contribution in [0, 0.1) is 0 Å². The van der Waals surface area contributed by atoms with Crippen molar-refractivity contribution in [2.45, 2.75) is 13.0 Å². The lowest BCUT2D eigenvalue weighted by Gasteiger charge is -1.99. The molecule has 2 heterocycles. The molecular formula is C10H11NS. The number of aromatic nitrogens is 1. The fourth-order valence-corrected chi connectivity index (χ4v) is 1.92. The highest BCUT2D eigenvalue weighted by Gasteiger charge is 1.92. The van der Waals surface area contributed by atoms with Crippen LogP contribution in [-0.2, 0) is 13.0 Å². The fraction of sp³-hybridized carbons (Fsp3) is 0.200. The van der Waals surface area contributed by atoms with E-state index in [9.17, 15) is 0 Å². The van der Waals surface area contributed by atoms with E-state index < -0.39 is 0 Å². The predicted octanol–water partition coefficient (Wildman–Crippen LogP) is 2.79. The first-order chi connectivity index (χ1) is 5.95. The van der Waals surface area contributed by atoms with Gasteiger partial charge in [-0.05, 0) is 40.9 Å². The molecule has 62 valence electrons. The molecule has 0 unspecified atom stereocenters. The summed E-state index contributed by atoms with van der Waals surface area (Å²) < 4.78 is 2.21. The molecule has 0 amide bonds. The largest absolute Gasteiger partial charge is 0.354 e. The normalized spacial score (nSPS) is 10.3. The molecule has 2 aromatic heterocycles. The van der Waals surface area contributed by atoms with Crippen molar-refractivity contribution < 1.29 is 0 Å². The van der Waals surface area contributed by atoms with Gasteiger partial charge in [-0.15, -0.1) is 0 Å². The Balaban J connectivity index is 1.91. The molecule has 0 atom stereocenters. The van der Waals surface area contributed by atoms with Crippen LogP contribution in [0.15, 0.2) is 41.4 Å². The smallest absolute Gasteiger partial charge is 0.0260 e. The van der Waals surface area contributed by atoms with Gasteiger partial charge in [0.1, 0.15) is 0 Å². The lowest BCUT2D eigenvalue weighted by atomic mass is 10.2. The zero-order chi connectivity index (χ0) is 8.23. The molecule has 12 heavy (non-hydrogen) atoms. The van der Waals surface area contributed by atoms with Gasteiger partial charge in [-0.1, -0.05) is 0 Å². The summed E-state index contributed by atoms with van der Waals surface area (Å²) in [6.45, 7) is 1.09. The van der Waals surface area contributed by atoms with Crippen molar-refractivity contribution in [3.05, 3.63) is 46.9 Å². The van der Waals surface area contributed by atoms with E-state index in [0.29, 0.717) is 0 Å². The van der Waals surface area contributed by atoms with Crippen LogP contribution in [0.5, 0.6) is 0 Å². The molecule has 1 nitrogen and oxygen atoms in total. The van der Waals surface area contributed by atoms with E-state index >= 15 is 0 Å². The third-order valence-corrected chi connectivity index (χ3v) is 2.64. The van der Waals surface area contributed by atoms with Crippen LogP contribution in [0.1, 0.15) is 5.56 Å². The molecule has 0 N–H and O–H groups in total. The molecule has 0 aromatic carbocycles. The molecule has 0 aliphatic heterocycles. The minimum absolute atomic E-state index is 1.09. The Morgan fingerprint density at radius 2 is 2.08 bits per heavy atom. The van der Waals surface area contributed by atoms with Crippen molar-refractivity contribution in [2.75, 3.05) is 0 Å². The van der Waals surface area contributed by atoms with Crippen LogP contribution < -0.4 is 0 Å². The second-order valence-corrected chi connectivity index (χ2v) is 3.58. The van der Waals surface area contributed by atoms with Gasteiger partial charge in [-0.2, -0.15) is 11.3 Å². The Hall–Kier alpha value is -1.02. The SMILES string of the molecule is c1ccn(CCc2ccsc2)c1. The molecule has 2 aromatic rings. The second kappa shape index (κ2) is 3.59. The van der Waals surface area contributed by atoms with E-state index in [1.54, 1.807) is 11.3 Å². The Morgan fingerprint density at radius 1 is 1.25 bits per heavy atom. The van der Waals surface area contributed by atoms with Gasteiger partial charge in [0, 0.05) is 18.9 Å². The van der Waals surface area contributed by atoms with Crippen LogP contribution in [0.25, 0.3) is 0 Å². The standard InChI is InChI=1S/C10H11NS/c1-2-6-11(5-1)7-3-10-4-8-12-9-10/h1-2,4-6,8-9H,3,7H2. The van der Waals surface area contributed by atoms with Crippen LogP contribution in [0.2, 0.25) is 0 Å². The van der Waals surface area contributed by atoms with Crippen molar-refractivity contribution in [1.82, 2.24) is 4.57 Å². The third kappa shape index (κ3) is 1.77. The van der Waals surface area contributed by atoms with E-state index in [0.717, 1.165) is 13.0 Å². The zero-order valence-corrected chi connectivity index (χ0v) is 7.63. The Kier molecular flexibility index (Phi) is 2.28. The average molecular weight is 177 g/mol. The van der Waals surface area contributed by atoms with E-state index in [4.69, 9.17) is 0 Å². The van der Waals surface area contributed by atoms with E-state index in [2.05, 4.69) is 45.9 Å². The number of nitrogens with zero attached hydrogens (tertiary/aromatic N) is 1. The lowest BCUT2D eigenvalue weighted by molar-refractivity contribution is 0.702. The minimum Gasteiger partial charge on any atom is -0.354 e. The lowest BCUT2D eigenvalue weighted by Crippen LogP contribution is -1.96. The van der Waals surface area contributed by atoms with Crippen LogP contribution in [0.3, 0.4) is 0 Å². The van der Waals surface area contributed by atoms with Crippen LogP contribution in [0.4, 0.5) is 0 Å². The first kappa shape index (κ1) is 7.62. The van der Waals surface area contributed by atoms with Gasteiger partial charge in [-0.25, -0.2) is 0 Å². The van der Waals surface area contributed by atoms with Gasteiger partial charge in [0.05, 0.1) is 0 Å². The molecule has 0 aliphatic carbocycles. The van der Waals surface area contributed by atoms with E-state index in [1.165, 1.54) is 5.56 Å². The maximum atomic E-state index is 2.21. The van der Waals surface area contributed by atoms with Gasteiger partial charge in [0.2, 0.25) is 0 Å². The predicted molar refractivity (Wildman–Crippen MR) is 52.5 cm³/mol. The second-order valence-electron chi connectivity index (χ2n) is 2.80. The summed E-state index contributed by atoms with van der Waals surface area (Å²) in [4.78, 5) is 0. The Morgan fingerprint density at radius 3 is 2.75 bits per heavy atom. The number of aryl methyl sites for hydroxylation is 2. The monoisotopic (exact) mass is 177 g/mol. The number of hydrogen-bond donors (Lipinski definition) is 0. The highest BCUT2D eigenvalue weighted by atomic mass is 32.1. The first-order valence-electron chi connectivity index (χ1n) is 4.07. The summed E-state index contributed by atoms with van der Waals surface area (Å²) >= 11 is 1.77. The van der Waals surface area contributed by atoms with Gasteiger partial charge < -0.3 is 4.57 Å².